The number of pyridine rings is 4. The Morgan fingerprint density at radius 2 is 0.459 bits per heavy atom. The molecule has 0 atom stereocenters. The van der Waals surface area contributed by atoms with Crippen molar-refractivity contribution in [3.05, 3.63) is 239 Å². The molecule has 0 aliphatic carbocycles. The monoisotopic (exact) mass is 1200 g/mol. The predicted octanol–water partition coefficient (Wildman–Crippen LogP) is 3.89. The van der Waals surface area contributed by atoms with Crippen LogP contribution < -0.4 is 21.9 Å². The second kappa shape index (κ2) is 32.0. The van der Waals surface area contributed by atoms with E-state index < -0.39 is 47.8 Å². The Bertz CT molecular complexity index is 3300. The molecule has 6 heterocycles. The van der Waals surface area contributed by atoms with E-state index in [2.05, 4.69) is 40.3 Å². The van der Waals surface area contributed by atoms with Crippen LogP contribution in [0.25, 0.3) is 46.1 Å². The Labute approximate surface area is 488 Å². The number of hydrogen-bond donors (Lipinski definition) is 8. The summed E-state index contributed by atoms with van der Waals surface area (Å²) >= 11 is 0. The van der Waals surface area contributed by atoms with Crippen molar-refractivity contribution in [2.45, 2.75) is 0 Å². The van der Waals surface area contributed by atoms with Gasteiger partial charge in [0.05, 0.1) is 45.3 Å². The number of nitrogens with zero attached hydrogens (tertiary/aromatic N) is 10. The Morgan fingerprint density at radius 3 is 0.600 bits per heavy atom. The molecule has 10 rings (SSSR count). The summed E-state index contributed by atoms with van der Waals surface area (Å²) in [6.45, 7) is 0. The van der Waals surface area contributed by atoms with Gasteiger partial charge in [-0.15, -0.1) is 20.4 Å². The van der Waals surface area contributed by atoms with Gasteiger partial charge in [-0.05, 0) is 84.9 Å². The van der Waals surface area contributed by atoms with E-state index in [0.717, 1.165) is 0 Å². The first-order valence-corrected chi connectivity index (χ1v) is 23.5. The third-order valence-corrected chi connectivity index (χ3v) is 10.5. The van der Waals surface area contributed by atoms with Crippen molar-refractivity contribution in [1.29, 1.82) is 0 Å². The third-order valence-electron chi connectivity index (χ3n) is 10.5. The van der Waals surface area contributed by atoms with Gasteiger partial charge in [0.2, 0.25) is 23.3 Å². The Hall–Kier alpha value is -12.4. The van der Waals surface area contributed by atoms with Crippen LogP contribution in [0.4, 0.5) is 0 Å². The number of carboxylic acids is 8. The van der Waals surface area contributed by atoms with Gasteiger partial charge in [-0.3, -0.25) is 19.9 Å². The molecule has 10 aromatic rings. The van der Waals surface area contributed by atoms with Crippen molar-refractivity contribution in [2.75, 3.05) is 11.7 Å². The molecule has 433 valence electrons. The molecule has 85 heavy (non-hydrogen) atoms. The van der Waals surface area contributed by atoms with Crippen molar-refractivity contribution in [3.63, 3.8) is 0 Å². The van der Waals surface area contributed by atoms with Gasteiger partial charge in [0.1, 0.15) is 22.8 Å². The second-order valence-electron chi connectivity index (χ2n) is 15.9. The van der Waals surface area contributed by atoms with E-state index in [-0.39, 0.29) is 61.6 Å². The minimum atomic E-state index is -1.48. The number of aromatic nitrogens is 10. The summed E-state index contributed by atoms with van der Waals surface area (Å²) in [5, 5.41) is 88.1. The summed E-state index contributed by atoms with van der Waals surface area (Å²) in [5.74, 6) is 3.59. The molecule has 0 aliphatic heterocycles. The standard InChI is InChI=1S/2C12H10N6.4C8H6O4.Cu/c2*13-18-11(9-5-1-3-7-14-9)16-17-12(18)10-6-2-4-8-15-10;4*9-7(10)5-3-1-2-4-6(5)8(11)12;/h2*1-8H,13H2;4*1-4H,(H,9,10)(H,11,12);/q;;;;;;+2/p-2. The minimum Gasteiger partial charge on any atom is -0.545 e. The van der Waals surface area contributed by atoms with Crippen molar-refractivity contribution >= 4 is 47.8 Å². The van der Waals surface area contributed by atoms with Gasteiger partial charge in [-0.1, -0.05) is 84.9 Å². The minimum absolute atomic E-state index is 0. The normalized spacial score (nSPS) is 9.69. The zero-order chi connectivity index (χ0) is 61.3. The summed E-state index contributed by atoms with van der Waals surface area (Å²) < 4.78 is 2.79. The molecule has 0 unspecified atom stereocenters. The van der Waals surface area contributed by atoms with Gasteiger partial charge < -0.3 is 62.1 Å². The predicted molar refractivity (Wildman–Crippen MR) is 289 cm³/mol. The fourth-order valence-corrected chi connectivity index (χ4v) is 6.67. The van der Waals surface area contributed by atoms with E-state index >= 15 is 0 Å². The molecule has 0 aliphatic rings. The van der Waals surface area contributed by atoms with Gasteiger partial charge in [-0.2, -0.15) is 0 Å². The zero-order valence-corrected chi connectivity index (χ0v) is 44.1. The molecule has 29 heteroatoms. The first-order chi connectivity index (χ1) is 40.2. The van der Waals surface area contributed by atoms with Gasteiger partial charge in [0, 0.05) is 35.9 Å². The molecule has 6 aromatic heterocycles. The molecule has 0 saturated carbocycles. The third kappa shape index (κ3) is 18.3. The van der Waals surface area contributed by atoms with Crippen LogP contribution in [-0.2, 0) is 17.1 Å². The maximum Gasteiger partial charge on any atom is 2.00 e. The van der Waals surface area contributed by atoms with E-state index in [4.69, 9.17) is 42.3 Å². The quantitative estimate of drug-likeness (QED) is 0.0635. The molecular weight excluding hydrogens is 1160 g/mol. The van der Waals surface area contributed by atoms with Crippen LogP contribution in [0.5, 0.6) is 0 Å². The number of nitrogen functional groups attached to an aromatic ring is 2. The number of rotatable bonds is 12. The van der Waals surface area contributed by atoms with Crippen LogP contribution in [-0.4, -0.2) is 128 Å². The Balaban J connectivity index is 0.000000221. The maximum absolute atomic E-state index is 10.5. The Kier molecular flexibility index (Phi) is 24.6. The molecule has 10 N–H and O–H groups in total. The Morgan fingerprint density at radius 1 is 0.294 bits per heavy atom. The molecule has 0 saturated heterocycles. The van der Waals surface area contributed by atoms with E-state index in [1.165, 1.54) is 106 Å². The summed E-state index contributed by atoms with van der Waals surface area (Å²) in [6, 6.07) is 43.7. The molecule has 28 nitrogen and oxygen atoms in total. The van der Waals surface area contributed by atoms with Crippen molar-refractivity contribution in [2.24, 2.45) is 0 Å². The second-order valence-corrected chi connectivity index (χ2v) is 15.9. The average molecular weight is 1200 g/mol. The van der Waals surface area contributed by atoms with Gasteiger partial charge in [0.15, 0.2) is 0 Å². The number of nitrogens with two attached hydrogens (primary N) is 2. The van der Waals surface area contributed by atoms with Crippen molar-refractivity contribution in [3.8, 4) is 46.1 Å². The van der Waals surface area contributed by atoms with E-state index in [1.807, 2.05) is 72.8 Å². The van der Waals surface area contributed by atoms with E-state index in [9.17, 15) is 48.6 Å². The van der Waals surface area contributed by atoms with Crippen LogP contribution in [0.1, 0.15) is 82.9 Å². The first-order valence-electron chi connectivity index (χ1n) is 23.5. The molecule has 0 amide bonds. The number of carbonyl (C=O) groups excluding carboxylic acids is 2. The van der Waals surface area contributed by atoms with Gasteiger partial charge in [-0.25, -0.2) is 38.1 Å². The molecule has 4 aromatic carbocycles. The van der Waals surface area contributed by atoms with Gasteiger partial charge >= 0.3 is 52.9 Å². The fourth-order valence-electron chi connectivity index (χ4n) is 6.67. The zero-order valence-electron chi connectivity index (χ0n) is 43.2. The molecule has 0 fully saturated rings. The molecule has 0 spiro atoms. The topological polar surface area (TPSA) is 469 Å². The van der Waals surface area contributed by atoms with Crippen LogP contribution in [0.2, 0.25) is 0 Å². The summed E-state index contributed by atoms with van der Waals surface area (Å²) in [6.07, 6.45) is 6.74. The van der Waals surface area contributed by atoms with Gasteiger partial charge in [0.25, 0.3) is 0 Å². The fraction of sp³-hybridized carbons (Fsp3) is 0. The molecule has 0 bridgehead atoms. The summed E-state index contributed by atoms with van der Waals surface area (Å²) in [5.41, 5.74) is 0.837. The van der Waals surface area contributed by atoms with Crippen LogP contribution in [0.3, 0.4) is 0 Å². The number of carbonyl (C=O) groups is 8. The smallest absolute Gasteiger partial charge is 0.545 e. The van der Waals surface area contributed by atoms with E-state index in [1.54, 1.807) is 24.8 Å². The van der Waals surface area contributed by atoms with Crippen molar-refractivity contribution < 1.29 is 96.3 Å². The number of carboxylic acid groups (broad SMARTS) is 8. The number of benzene rings is 4. The SMILES string of the molecule is Nn1c(-c2ccccn2)nnc1-c1ccccn1.Nn1c(-c2ccccn2)nnc1-c1ccccn1.O=C(O)c1ccccc1C(=O)O.O=C(O)c1ccccc1C(=O)O.O=C([O-])c1ccccc1C(=O)O.O=C([O-])c1ccccc1C(=O)O.[Cu+2]. The van der Waals surface area contributed by atoms with Crippen LogP contribution in [0.15, 0.2) is 195 Å². The summed E-state index contributed by atoms with van der Waals surface area (Å²) in [7, 11) is 0. The number of hydrogen-bond acceptors (Lipinski definition) is 20. The average Bonchev–Trinajstić information content (AvgIpc) is 3.32. The first kappa shape index (κ1) is 65.2. The molecule has 1 radical (unpaired) electrons. The molecular formula is C56H42CuN12O16. The van der Waals surface area contributed by atoms with Crippen molar-refractivity contribution in [1.82, 2.24) is 49.7 Å². The van der Waals surface area contributed by atoms with Crippen LogP contribution in [0, 0.1) is 0 Å². The number of aromatic carboxylic acids is 8. The maximum atomic E-state index is 10.5. The van der Waals surface area contributed by atoms with E-state index in [0.29, 0.717) is 46.1 Å². The summed E-state index contributed by atoms with van der Waals surface area (Å²) in [4.78, 5) is 100. The largest absolute Gasteiger partial charge is 2.00 e. The van der Waals surface area contributed by atoms with Crippen LogP contribution >= 0.6 is 0 Å².